The molecule has 1 heterocycles. The van der Waals surface area contributed by atoms with Gasteiger partial charge in [-0.2, -0.15) is 0 Å². The second kappa shape index (κ2) is 7.35. The molecule has 4 heteroatoms. The lowest BCUT2D eigenvalue weighted by Gasteiger charge is -2.37. The first-order valence-electron chi connectivity index (χ1n) is 9.93. The average Bonchev–Trinajstić information content (AvgIpc) is 3.36. The highest BCUT2D eigenvalue weighted by Gasteiger charge is 2.37. The topological polar surface area (TPSA) is 35.6 Å². The van der Waals surface area contributed by atoms with Gasteiger partial charge in [-0.25, -0.2) is 4.79 Å². The summed E-state index contributed by atoms with van der Waals surface area (Å²) in [4.78, 5) is 17.6. The van der Waals surface area contributed by atoms with Crippen LogP contribution >= 0.6 is 0 Å². The predicted octanol–water partition coefficient (Wildman–Crippen LogP) is 4.01. The number of fused-ring (bicyclic) bond motifs is 1. The molecule has 0 radical (unpaired) electrons. The molecule has 1 fully saturated rings. The molecule has 0 aromatic heterocycles. The molecule has 2 aliphatic rings. The largest absolute Gasteiger partial charge is 0.327 e. The zero-order chi connectivity index (χ0) is 19.0. The maximum Gasteiger partial charge on any atom is 0.318 e. The van der Waals surface area contributed by atoms with Crippen LogP contribution in [-0.4, -0.2) is 42.0 Å². The number of likely N-dealkylation sites (tertiary alicyclic amines) is 1. The van der Waals surface area contributed by atoms with E-state index in [1.807, 2.05) is 0 Å². The number of rotatable bonds is 4. The first-order valence-corrected chi connectivity index (χ1v) is 9.93. The fraction of sp³-hybridized carbons (Fsp3) is 0.435. The van der Waals surface area contributed by atoms with Crippen LogP contribution in [0.25, 0.3) is 0 Å². The summed E-state index contributed by atoms with van der Waals surface area (Å²) in [5.41, 5.74) is 6.27. The number of piperidine rings is 1. The third kappa shape index (κ3) is 3.86. The van der Waals surface area contributed by atoms with Gasteiger partial charge in [-0.3, -0.25) is 0 Å². The zero-order valence-corrected chi connectivity index (χ0v) is 16.5. The number of nitrogens with one attached hydrogen (secondary N) is 1. The van der Waals surface area contributed by atoms with Crippen molar-refractivity contribution in [2.75, 3.05) is 20.1 Å². The number of aryl methyl sites for hydroxylation is 2. The SMILES string of the molecule is Cc1ccc(CN(C(=O)NC2c3cccc(C)c32)C2CCN(C)CC2)cc1. The third-order valence-corrected chi connectivity index (χ3v) is 6.01. The van der Waals surface area contributed by atoms with Crippen molar-refractivity contribution >= 4 is 6.03 Å². The second-order valence-electron chi connectivity index (χ2n) is 8.11. The average molecular weight is 364 g/mol. The highest BCUT2D eigenvalue weighted by molar-refractivity contribution is 5.78. The highest BCUT2D eigenvalue weighted by Crippen LogP contribution is 2.43. The number of hydrogen-bond donors (Lipinski definition) is 1. The molecular formula is C23H29N3O. The smallest absolute Gasteiger partial charge is 0.318 e. The van der Waals surface area contributed by atoms with E-state index < -0.39 is 0 Å². The molecule has 0 spiro atoms. The Morgan fingerprint density at radius 2 is 1.81 bits per heavy atom. The number of hydrogen-bond acceptors (Lipinski definition) is 2. The third-order valence-electron chi connectivity index (χ3n) is 6.01. The number of nitrogens with zero attached hydrogens (tertiary/aromatic N) is 2. The predicted molar refractivity (Wildman–Crippen MR) is 109 cm³/mol. The van der Waals surface area contributed by atoms with Crippen molar-refractivity contribution in [1.82, 2.24) is 15.1 Å². The summed E-state index contributed by atoms with van der Waals surface area (Å²) >= 11 is 0. The van der Waals surface area contributed by atoms with Gasteiger partial charge in [0.2, 0.25) is 0 Å². The number of carbonyl (C=O) groups excluding carboxylic acids is 1. The van der Waals surface area contributed by atoms with E-state index in [1.54, 1.807) is 0 Å². The van der Waals surface area contributed by atoms with Crippen LogP contribution in [0.5, 0.6) is 0 Å². The van der Waals surface area contributed by atoms with Crippen molar-refractivity contribution in [1.29, 1.82) is 0 Å². The number of amides is 2. The minimum atomic E-state index is 0.0609. The molecule has 4 rings (SSSR count). The number of benzene rings is 2. The summed E-state index contributed by atoms with van der Waals surface area (Å²) in [5, 5.41) is 3.27. The van der Waals surface area contributed by atoms with Crippen LogP contribution in [0.15, 0.2) is 42.5 Å². The molecule has 4 nitrogen and oxygen atoms in total. The van der Waals surface area contributed by atoms with Crippen LogP contribution < -0.4 is 5.32 Å². The van der Waals surface area contributed by atoms with Gasteiger partial charge >= 0.3 is 6.03 Å². The maximum atomic E-state index is 13.2. The van der Waals surface area contributed by atoms with Crippen LogP contribution in [0.3, 0.4) is 0 Å². The Morgan fingerprint density at radius 3 is 2.48 bits per heavy atom. The van der Waals surface area contributed by atoms with E-state index in [4.69, 9.17) is 0 Å². The molecule has 1 N–H and O–H groups in total. The van der Waals surface area contributed by atoms with E-state index in [0.29, 0.717) is 12.6 Å². The Morgan fingerprint density at radius 1 is 1.11 bits per heavy atom. The van der Waals surface area contributed by atoms with Crippen LogP contribution in [0, 0.1) is 13.8 Å². The Hall–Kier alpha value is -2.33. The van der Waals surface area contributed by atoms with Crippen LogP contribution in [0.2, 0.25) is 0 Å². The van der Waals surface area contributed by atoms with Gasteiger partial charge < -0.3 is 15.1 Å². The van der Waals surface area contributed by atoms with Crippen LogP contribution in [0.4, 0.5) is 4.79 Å². The lowest BCUT2D eigenvalue weighted by atomic mass is 10.0. The van der Waals surface area contributed by atoms with Crippen molar-refractivity contribution in [3.8, 4) is 0 Å². The summed E-state index contributed by atoms with van der Waals surface area (Å²) < 4.78 is 0. The molecule has 0 bridgehead atoms. The van der Waals surface area contributed by atoms with Crippen molar-refractivity contribution in [3.63, 3.8) is 0 Å². The number of urea groups is 1. The summed E-state index contributed by atoms with van der Waals surface area (Å²) in [6, 6.07) is 15.3. The Bertz CT molecular complexity index is 822. The standard InChI is InChI=1S/C23H29N3O/c1-16-7-9-18(10-8-16)15-26(19-11-13-25(3)14-12-19)23(27)24-22-20-6-4-5-17(2)21(20)22/h4-10,19,22H,11-15H2,1-3H3,(H,24,27). The van der Waals surface area contributed by atoms with E-state index in [1.165, 1.54) is 27.8 Å². The molecule has 0 saturated carbocycles. The zero-order valence-electron chi connectivity index (χ0n) is 16.5. The number of carbonyl (C=O) groups is 1. The van der Waals surface area contributed by atoms with Gasteiger partial charge in [-0.1, -0.05) is 48.0 Å². The molecule has 27 heavy (non-hydrogen) atoms. The van der Waals surface area contributed by atoms with Crippen molar-refractivity contribution in [3.05, 3.63) is 70.3 Å². The summed E-state index contributed by atoms with van der Waals surface area (Å²) in [7, 11) is 2.16. The molecule has 2 amide bonds. The van der Waals surface area contributed by atoms with E-state index in [-0.39, 0.29) is 12.1 Å². The van der Waals surface area contributed by atoms with E-state index in [0.717, 1.165) is 25.9 Å². The van der Waals surface area contributed by atoms with Gasteiger partial charge in [0.05, 0.1) is 6.04 Å². The van der Waals surface area contributed by atoms with Crippen LogP contribution in [0.1, 0.15) is 46.7 Å². The molecule has 1 aliphatic heterocycles. The van der Waals surface area contributed by atoms with E-state index in [9.17, 15) is 4.79 Å². The molecule has 1 atom stereocenters. The van der Waals surface area contributed by atoms with Crippen LogP contribution in [-0.2, 0) is 6.54 Å². The Balaban J connectivity index is 1.49. The Kier molecular flexibility index (Phi) is 4.92. The molecule has 142 valence electrons. The quantitative estimate of drug-likeness (QED) is 0.891. The molecule has 1 unspecified atom stereocenters. The minimum absolute atomic E-state index is 0.0609. The normalized spacial score (nSPS) is 19.4. The lowest BCUT2D eigenvalue weighted by molar-refractivity contribution is 0.126. The van der Waals surface area contributed by atoms with Gasteiger partial charge in [0.25, 0.3) is 0 Å². The van der Waals surface area contributed by atoms with Gasteiger partial charge in [0.1, 0.15) is 0 Å². The summed E-state index contributed by atoms with van der Waals surface area (Å²) in [5.74, 6) is 0. The lowest BCUT2D eigenvalue weighted by Crippen LogP contribution is -2.49. The monoisotopic (exact) mass is 363 g/mol. The molecule has 2 aromatic rings. The minimum Gasteiger partial charge on any atom is -0.327 e. The Labute approximate surface area is 162 Å². The molecular weight excluding hydrogens is 334 g/mol. The maximum absolute atomic E-state index is 13.2. The van der Waals surface area contributed by atoms with Crippen molar-refractivity contribution in [2.45, 2.75) is 45.3 Å². The van der Waals surface area contributed by atoms with Crippen molar-refractivity contribution in [2.24, 2.45) is 0 Å². The van der Waals surface area contributed by atoms with Gasteiger partial charge in [0.15, 0.2) is 0 Å². The summed E-state index contributed by atoms with van der Waals surface area (Å²) in [6.45, 7) is 6.97. The van der Waals surface area contributed by atoms with Gasteiger partial charge in [-0.05, 0) is 69.1 Å². The fourth-order valence-electron chi connectivity index (χ4n) is 4.19. The molecule has 1 aliphatic carbocycles. The second-order valence-corrected chi connectivity index (χ2v) is 8.11. The first-order chi connectivity index (χ1) is 13.0. The molecule has 2 aromatic carbocycles. The van der Waals surface area contributed by atoms with Gasteiger partial charge in [-0.15, -0.1) is 0 Å². The highest BCUT2D eigenvalue weighted by atomic mass is 16.2. The van der Waals surface area contributed by atoms with E-state index >= 15 is 0 Å². The first kappa shape index (κ1) is 18.1. The summed E-state index contributed by atoms with van der Waals surface area (Å²) in [6.07, 6.45) is 2.07. The van der Waals surface area contributed by atoms with Gasteiger partial charge in [0, 0.05) is 12.6 Å². The molecule has 1 saturated heterocycles. The van der Waals surface area contributed by atoms with Crippen molar-refractivity contribution < 1.29 is 4.79 Å². The fourth-order valence-corrected chi connectivity index (χ4v) is 4.19. The van der Waals surface area contributed by atoms with E-state index in [2.05, 4.69) is 78.5 Å².